The van der Waals surface area contributed by atoms with Gasteiger partial charge in [-0.2, -0.15) is 0 Å². The first-order chi connectivity index (χ1) is 16.4. The number of fused-ring (bicyclic) bond motifs is 1. The molecule has 1 aliphatic carbocycles. The Balaban J connectivity index is 1.49. The second kappa shape index (κ2) is 11.0. The molecule has 0 bridgehead atoms. The van der Waals surface area contributed by atoms with E-state index in [2.05, 4.69) is 86.4 Å². The normalized spacial score (nSPS) is 19.8. The van der Waals surface area contributed by atoms with Crippen LogP contribution in [-0.4, -0.2) is 17.3 Å². The van der Waals surface area contributed by atoms with Crippen molar-refractivity contribution in [1.29, 1.82) is 0 Å². The first-order valence-corrected chi connectivity index (χ1v) is 12.5. The Labute approximate surface area is 204 Å². The lowest BCUT2D eigenvalue weighted by Gasteiger charge is -2.30. The van der Waals surface area contributed by atoms with Gasteiger partial charge in [-0.3, -0.25) is 0 Å². The minimum atomic E-state index is -0.609. The van der Waals surface area contributed by atoms with Crippen molar-refractivity contribution in [3.8, 4) is 0 Å². The number of benzene rings is 3. The largest absolute Gasteiger partial charge is 0.391 e. The van der Waals surface area contributed by atoms with Gasteiger partial charge in [0.2, 0.25) is 0 Å². The molecular formula is C31H38N2O. The number of rotatable bonds is 10. The van der Waals surface area contributed by atoms with Crippen LogP contribution < -0.4 is 11.1 Å². The first kappa shape index (κ1) is 24.3. The van der Waals surface area contributed by atoms with Crippen LogP contribution in [0.15, 0.2) is 91.1 Å². The van der Waals surface area contributed by atoms with Crippen LogP contribution in [0.2, 0.25) is 0 Å². The summed E-state index contributed by atoms with van der Waals surface area (Å²) < 4.78 is 0. The highest BCUT2D eigenvalue weighted by molar-refractivity contribution is 5.36. The number of nitrogens with one attached hydrogen (secondary N) is 1. The van der Waals surface area contributed by atoms with E-state index in [-0.39, 0.29) is 18.0 Å². The Morgan fingerprint density at radius 1 is 1.00 bits per heavy atom. The molecule has 1 aliphatic rings. The lowest BCUT2D eigenvalue weighted by Crippen LogP contribution is -2.39. The number of hydrogen-bond acceptors (Lipinski definition) is 3. The molecule has 34 heavy (non-hydrogen) atoms. The van der Waals surface area contributed by atoms with E-state index in [1.54, 1.807) is 0 Å². The molecular weight excluding hydrogens is 416 g/mol. The van der Waals surface area contributed by atoms with Gasteiger partial charge in [-0.15, -0.1) is 0 Å². The first-order valence-electron chi connectivity index (χ1n) is 12.5. The van der Waals surface area contributed by atoms with Crippen LogP contribution in [-0.2, 0) is 19.3 Å². The molecule has 0 spiro atoms. The van der Waals surface area contributed by atoms with Crippen molar-refractivity contribution < 1.29 is 5.11 Å². The SMILES string of the molecule is C=C(N[C@H]1c2ccccc2C[C@H]1C)[C@H](Cc1cccc(C)c1)C[C@H](O)[C@@H](N)Cc1ccccc1. The van der Waals surface area contributed by atoms with E-state index >= 15 is 0 Å². The Kier molecular flexibility index (Phi) is 7.87. The number of aliphatic hydroxyl groups is 1. The maximum Gasteiger partial charge on any atom is 0.0700 e. The summed E-state index contributed by atoms with van der Waals surface area (Å²) in [6, 6.07) is 27.4. The van der Waals surface area contributed by atoms with Crippen molar-refractivity contribution in [2.24, 2.45) is 17.6 Å². The predicted octanol–water partition coefficient (Wildman–Crippen LogP) is 5.51. The molecule has 0 radical (unpaired) electrons. The quantitative estimate of drug-likeness (QED) is 0.378. The van der Waals surface area contributed by atoms with Crippen molar-refractivity contribution in [2.45, 2.75) is 57.7 Å². The molecule has 4 N–H and O–H groups in total. The van der Waals surface area contributed by atoms with Crippen LogP contribution in [0.4, 0.5) is 0 Å². The highest BCUT2D eigenvalue weighted by atomic mass is 16.3. The third-order valence-corrected chi connectivity index (χ3v) is 7.23. The van der Waals surface area contributed by atoms with E-state index in [0.717, 1.165) is 24.1 Å². The molecule has 0 saturated carbocycles. The zero-order valence-electron chi connectivity index (χ0n) is 20.5. The van der Waals surface area contributed by atoms with Crippen molar-refractivity contribution in [3.05, 3.63) is 119 Å². The number of nitrogens with two attached hydrogens (primary N) is 1. The maximum atomic E-state index is 11.1. The van der Waals surface area contributed by atoms with E-state index < -0.39 is 6.10 Å². The molecule has 0 fully saturated rings. The Bertz CT molecular complexity index is 1090. The van der Waals surface area contributed by atoms with Crippen molar-refractivity contribution >= 4 is 0 Å². The molecule has 3 heteroatoms. The van der Waals surface area contributed by atoms with Gasteiger partial charge in [-0.1, -0.05) is 97.9 Å². The van der Waals surface area contributed by atoms with Crippen LogP contribution in [0, 0.1) is 18.8 Å². The summed E-state index contributed by atoms with van der Waals surface area (Å²) in [5, 5.41) is 14.9. The fraction of sp³-hybridized carbons (Fsp3) is 0.355. The summed E-state index contributed by atoms with van der Waals surface area (Å²) in [7, 11) is 0. The van der Waals surface area contributed by atoms with E-state index in [1.807, 2.05) is 18.2 Å². The monoisotopic (exact) mass is 454 g/mol. The summed E-state index contributed by atoms with van der Waals surface area (Å²) >= 11 is 0. The zero-order chi connectivity index (χ0) is 24.1. The van der Waals surface area contributed by atoms with Crippen LogP contribution in [0.1, 0.15) is 47.2 Å². The van der Waals surface area contributed by atoms with Gasteiger partial charge in [-0.05, 0) is 60.8 Å². The number of allylic oxidation sites excluding steroid dienone is 1. The molecule has 0 amide bonds. The molecule has 5 atom stereocenters. The van der Waals surface area contributed by atoms with Gasteiger partial charge in [0.1, 0.15) is 0 Å². The second-order valence-electron chi connectivity index (χ2n) is 10.1. The van der Waals surface area contributed by atoms with Crippen molar-refractivity contribution in [1.82, 2.24) is 5.32 Å². The zero-order valence-corrected chi connectivity index (χ0v) is 20.5. The van der Waals surface area contributed by atoms with Gasteiger partial charge in [0.15, 0.2) is 0 Å². The summed E-state index contributed by atoms with van der Waals surface area (Å²) in [6.45, 7) is 8.89. The highest BCUT2D eigenvalue weighted by Crippen LogP contribution is 2.37. The topological polar surface area (TPSA) is 58.3 Å². The van der Waals surface area contributed by atoms with E-state index in [4.69, 9.17) is 5.73 Å². The lowest BCUT2D eigenvalue weighted by atomic mass is 9.87. The minimum absolute atomic E-state index is 0.0820. The maximum absolute atomic E-state index is 11.1. The molecule has 3 aromatic rings. The van der Waals surface area contributed by atoms with Gasteiger partial charge < -0.3 is 16.2 Å². The van der Waals surface area contributed by atoms with Gasteiger partial charge in [0.05, 0.1) is 12.1 Å². The molecule has 0 saturated heterocycles. The fourth-order valence-electron chi connectivity index (χ4n) is 5.29. The van der Waals surface area contributed by atoms with Gasteiger partial charge >= 0.3 is 0 Å². The standard InChI is InChI=1S/C31H38N2O/c1-21-10-9-13-25(16-21)18-27(20-30(34)29(32)19-24-11-5-4-6-12-24)23(3)33-31-22(2)17-26-14-7-8-15-28(26)31/h4-16,22,27,29-31,33-34H,3,17-20,32H2,1-2H3/t22-,27-,29+,30+,31-/m1/s1. The molecule has 0 aliphatic heterocycles. The van der Waals surface area contributed by atoms with Gasteiger partial charge in [-0.25, -0.2) is 0 Å². The summed E-state index contributed by atoms with van der Waals surface area (Å²) in [4.78, 5) is 0. The third-order valence-electron chi connectivity index (χ3n) is 7.23. The molecule has 3 nitrogen and oxygen atoms in total. The minimum Gasteiger partial charge on any atom is -0.391 e. The van der Waals surface area contributed by atoms with Crippen molar-refractivity contribution in [3.63, 3.8) is 0 Å². The molecule has 0 aromatic heterocycles. The predicted molar refractivity (Wildman–Crippen MR) is 141 cm³/mol. The molecule has 0 heterocycles. The summed E-state index contributed by atoms with van der Waals surface area (Å²) in [5.41, 5.74) is 13.9. The van der Waals surface area contributed by atoms with Crippen LogP contribution in [0.5, 0.6) is 0 Å². The van der Waals surface area contributed by atoms with Gasteiger partial charge in [0.25, 0.3) is 0 Å². The Morgan fingerprint density at radius 3 is 2.47 bits per heavy atom. The third kappa shape index (κ3) is 5.97. The fourth-order valence-corrected chi connectivity index (χ4v) is 5.29. The van der Waals surface area contributed by atoms with Gasteiger partial charge in [0, 0.05) is 17.7 Å². The highest BCUT2D eigenvalue weighted by Gasteiger charge is 2.31. The van der Waals surface area contributed by atoms with E-state index in [9.17, 15) is 5.11 Å². The molecule has 3 aromatic carbocycles. The van der Waals surface area contributed by atoms with Crippen LogP contribution in [0.3, 0.4) is 0 Å². The number of hydrogen-bond donors (Lipinski definition) is 3. The summed E-state index contributed by atoms with van der Waals surface area (Å²) in [5.74, 6) is 0.581. The van der Waals surface area contributed by atoms with E-state index in [1.165, 1.54) is 22.3 Å². The molecule has 0 unspecified atom stereocenters. The number of aliphatic hydroxyl groups excluding tert-OH is 1. The average molecular weight is 455 g/mol. The Hall–Kier alpha value is -2.88. The molecule has 4 rings (SSSR count). The average Bonchev–Trinajstić information content (AvgIpc) is 3.14. The number of aryl methyl sites for hydroxylation is 1. The molecule has 178 valence electrons. The van der Waals surface area contributed by atoms with Crippen LogP contribution in [0.25, 0.3) is 0 Å². The van der Waals surface area contributed by atoms with Crippen LogP contribution >= 0.6 is 0 Å². The summed E-state index contributed by atoms with van der Waals surface area (Å²) in [6.07, 6.45) is 2.53. The van der Waals surface area contributed by atoms with E-state index in [0.29, 0.717) is 18.8 Å². The second-order valence-corrected chi connectivity index (χ2v) is 10.1. The Morgan fingerprint density at radius 2 is 1.71 bits per heavy atom. The lowest BCUT2D eigenvalue weighted by molar-refractivity contribution is 0.118. The smallest absolute Gasteiger partial charge is 0.0700 e. The van der Waals surface area contributed by atoms with Crippen molar-refractivity contribution in [2.75, 3.05) is 0 Å².